The van der Waals surface area contributed by atoms with Gasteiger partial charge in [-0.1, -0.05) is 64.6 Å². The SMILES string of the molecule is O=C(C=Cc1ccccc1Cl)NC(=S)Nc1cc(Cl)c(Cl)cc1Cl. The number of anilines is 1. The Hall–Kier alpha value is -1.30. The number of halogens is 4. The number of thiocarbonyl (C=S) groups is 1. The molecule has 2 rings (SSSR count). The second kappa shape index (κ2) is 8.70. The molecule has 0 aliphatic rings. The second-order valence-corrected chi connectivity index (χ2v) is 6.58. The van der Waals surface area contributed by atoms with Crippen LogP contribution in [0.4, 0.5) is 5.69 Å². The summed E-state index contributed by atoms with van der Waals surface area (Å²) in [4.78, 5) is 11.9. The highest BCUT2D eigenvalue weighted by Crippen LogP contribution is 2.32. The first-order valence-electron chi connectivity index (χ1n) is 6.56. The summed E-state index contributed by atoms with van der Waals surface area (Å²) < 4.78 is 0. The lowest BCUT2D eigenvalue weighted by Crippen LogP contribution is -2.32. The smallest absolute Gasteiger partial charge is 0.250 e. The number of hydrogen-bond acceptors (Lipinski definition) is 2. The van der Waals surface area contributed by atoms with Crippen molar-refractivity contribution < 1.29 is 4.79 Å². The van der Waals surface area contributed by atoms with E-state index in [4.69, 9.17) is 58.6 Å². The summed E-state index contributed by atoms with van der Waals surface area (Å²) >= 11 is 28.9. The molecule has 0 atom stereocenters. The summed E-state index contributed by atoms with van der Waals surface area (Å²) in [6, 6.07) is 10.2. The molecule has 0 unspecified atom stereocenters. The molecule has 24 heavy (non-hydrogen) atoms. The summed E-state index contributed by atoms with van der Waals surface area (Å²) in [6.07, 6.45) is 2.91. The third-order valence-corrected chi connectivity index (χ3v) is 4.40. The Morgan fingerprint density at radius 3 is 2.33 bits per heavy atom. The van der Waals surface area contributed by atoms with Gasteiger partial charge in [-0.2, -0.15) is 0 Å². The molecule has 0 aliphatic carbocycles. The van der Waals surface area contributed by atoms with Crippen LogP contribution in [0.15, 0.2) is 42.5 Å². The van der Waals surface area contributed by atoms with E-state index in [2.05, 4.69) is 10.6 Å². The Labute approximate surface area is 164 Å². The van der Waals surface area contributed by atoms with E-state index in [9.17, 15) is 4.79 Å². The van der Waals surface area contributed by atoms with E-state index < -0.39 is 5.91 Å². The first-order chi connectivity index (χ1) is 11.4. The molecule has 0 fully saturated rings. The van der Waals surface area contributed by atoms with Crippen molar-refractivity contribution in [1.29, 1.82) is 0 Å². The van der Waals surface area contributed by atoms with Crippen molar-refractivity contribution in [2.24, 2.45) is 0 Å². The molecule has 124 valence electrons. The zero-order valence-electron chi connectivity index (χ0n) is 11.9. The summed E-state index contributed by atoms with van der Waals surface area (Å²) in [5.74, 6) is -0.413. The highest BCUT2D eigenvalue weighted by atomic mass is 35.5. The van der Waals surface area contributed by atoms with Gasteiger partial charge < -0.3 is 5.32 Å². The Morgan fingerprint density at radius 1 is 0.958 bits per heavy atom. The van der Waals surface area contributed by atoms with Crippen molar-refractivity contribution in [3.63, 3.8) is 0 Å². The van der Waals surface area contributed by atoms with Crippen molar-refractivity contribution >= 4 is 81.4 Å². The number of carbonyl (C=O) groups is 1. The average molecular weight is 420 g/mol. The van der Waals surface area contributed by atoms with Crippen LogP contribution in [0.1, 0.15) is 5.56 Å². The molecule has 0 bridgehead atoms. The number of benzene rings is 2. The largest absolute Gasteiger partial charge is 0.331 e. The van der Waals surface area contributed by atoms with Crippen LogP contribution < -0.4 is 10.6 Å². The molecule has 0 saturated carbocycles. The standard InChI is InChI=1S/C16H10Cl4N2OS/c17-10-4-2-1-3-9(10)5-6-15(23)22-16(24)21-14-8-12(19)11(18)7-13(14)20/h1-8H,(H2,21,22,23,24). The molecule has 0 aliphatic heterocycles. The van der Waals surface area contributed by atoms with Crippen LogP contribution in [-0.4, -0.2) is 11.0 Å². The third kappa shape index (κ3) is 5.36. The van der Waals surface area contributed by atoms with Crippen molar-refractivity contribution in [3.8, 4) is 0 Å². The first kappa shape index (κ1) is 19.0. The van der Waals surface area contributed by atoms with Crippen LogP contribution in [0.2, 0.25) is 20.1 Å². The van der Waals surface area contributed by atoms with Gasteiger partial charge in [0.05, 0.1) is 20.8 Å². The Morgan fingerprint density at radius 2 is 1.62 bits per heavy atom. The predicted molar refractivity (Wildman–Crippen MR) is 106 cm³/mol. The number of carbonyl (C=O) groups excluding carboxylic acids is 1. The molecular weight excluding hydrogens is 410 g/mol. The minimum Gasteiger partial charge on any atom is -0.331 e. The van der Waals surface area contributed by atoms with E-state index in [-0.39, 0.29) is 5.11 Å². The van der Waals surface area contributed by atoms with Gasteiger partial charge in [-0.25, -0.2) is 0 Å². The monoisotopic (exact) mass is 418 g/mol. The van der Waals surface area contributed by atoms with Gasteiger partial charge in [0, 0.05) is 11.1 Å². The lowest BCUT2D eigenvalue weighted by atomic mass is 10.2. The minimum atomic E-state index is -0.413. The van der Waals surface area contributed by atoms with Gasteiger partial charge in [0.25, 0.3) is 0 Å². The minimum absolute atomic E-state index is 0.0732. The first-order valence-corrected chi connectivity index (χ1v) is 8.48. The molecule has 0 aromatic heterocycles. The zero-order valence-corrected chi connectivity index (χ0v) is 15.8. The summed E-state index contributed by atoms with van der Waals surface area (Å²) in [5.41, 5.74) is 1.16. The van der Waals surface area contributed by atoms with Crippen molar-refractivity contribution in [2.75, 3.05) is 5.32 Å². The molecule has 2 N–H and O–H groups in total. The van der Waals surface area contributed by atoms with Crippen LogP contribution in [0, 0.1) is 0 Å². The van der Waals surface area contributed by atoms with E-state index in [0.29, 0.717) is 25.8 Å². The highest BCUT2D eigenvalue weighted by Gasteiger charge is 2.08. The van der Waals surface area contributed by atoms with Crippen molar-refractivity contribution in [1.82, 2.24) is 5.32 Å². The van der Waals surface area contributed by atoms with Gasteiger partial charge in [-0.15, -0.1) is 0 Å². The maximum atomic E-state index is 11.9. The second-order valence-electron chi connectivity index (χ2n) is 4.54. The fourth-order valence-electron chi connectivity index (χ4n) is 1.70. The third-order valence-electron chi connectivity index (χ3n) is 2.81. The van der Waals surface area contributed by atoms with Gasteiger partial charge in [0.2, 0.25) is 5.91 Å². The maximum absolute atomic E-state index is 11.9. The lowest BCUT2D eigenvalue weighted by Gasteiger charge is -2.11. The molecule has 0 radical (unpaired) electrons. The number of hydrogen-bond donors (Lipinski definition) is 2. The molecular formula is C16H10Cl4N2OS. The Kier molecular flexibility index (Phi) is 6.90. The van der Waals surface area contributed by atoms with Crippen LogP contribution >= 0.6 is 58.6 Å². The van der Waals surface area contributed by atoms with E-state index in [1.54, 1.807) is 24.3 Å². The average Bonchev–Trinajstić information content (AvgIpc) is 2.51. The van der Waals surface area contributed by atoms with Crippen LogP contribution in [0.5, 0.6) is 0 Å². The van der Waals surface area contributed by atoms with E-state index in [1.807, 2.05) is 6.07 Å². The lowest BCUT2D eigenvalue weighted by molar-refractivity contribution is -0.115. The summed E-state index contributed by atoms with van der Waals surface area (Å²) in [7, 11) is 0. The molecule has 0 spiro atoms. The highest BCUT2D eigenvalue weighted by molar-refractivity contribution is 7.80. The summed E-state index contributed by atoms with van der Waals surface area (Å²) in [5, 5.41) is 6.87. The predicted octanol–water partition coefficient (Wildman–Crippen LogP) is 5.83. The molecule has 3 nitrogen and oxygen atoms in total. The molecule has 2 aromatic carbocycles. The topological polar surface area (TPSA) is 41.1 Å². The zero-order chi connectivity index (χ0) is 17.7. The maximum Gasteiger partial charge on any atom is 0.250 e. The number of amides is 1. The van der Waals surface area contributed by atoms with E-state index >= 15 is 0 Å². The van der Waals surface area contributed by atoms with Gasteiger partial charge >= 0.3 is 0 Å². The normalized spacial score (nSPS) is 10.7. The molecule has 8 heteroatoms. The molecule has 0 heterocycles. The van der Waals surface area contributed by atoms with Gasteiger partial charge in [-0.3, -0.25) is 10.1 Å². The van der Waals surface area contributed by atoms with Crippen LogP contribution in [0.3, 0.4) is 0 Å². The quantitative estimate of drug-likeness (QED) is 0.373. The fraction of sp³-hybridized carbons (Fsp3) is 0. The van der Waals surface area contributed by atoms with Crippen LogP contribution in [0.25, 0.3) is 6.08 Å². The van der Waals surface area contributed by atoms with E-state index in [1.165, 1.54) is 18.2 Å². The molecule has 2 aromatic rings. The Balaban J connectivity index is 1.99. The molecule has 0 saturated heterocycles. The van der Waals surface area contributed by atoms with Gasteiger partial charge in [-0.05, 0) is 42.1 Å². The number of nitrogens with one attached hydrogen (secondary N) is 2. The Bertz CT molecular complexity index is 824. The van der Waals surface area contributed by atoms with Gasteiger partial charge in [0.15, 0.2) is 5.11 Å². The number of rotatable bonds is 3. The van der Waals surface area contributed by atoms with Crippen molar-refractivity contribution in [3.05, 3.63) is 68.1 Å². The van der Waals surface area contributed by atoms with Gasteiger partial charge in [0.1, 0.15) is 0 Å². The van der Waals surface area contributed by atoms with Crippen molar-refractivity contribution in [2.45, 2.75) is 0 Å². The van der Waals surface area contributed by atoms with Crippen LogP contribution in [-0.2, 0) is 4.79 Å². The summed E-state index contributed by atoms with van der Waals surface area (Å²) in [6.45, 7) is 0. The van der Waals surface area contributed by atoms with E-state index in [0.717, 1.165) is 5.56 Å². The fourth-order valence-corrected chi connectivity index (χ4v) is 2.70. The molecule has 1 amide bonds.